The first-order valence-corrected chi connectivity index (χ1v) is 4.40. The van der Waals surface area contributed by atoms with Crippen LogP contribution in [-0.4, -0.2) is 10.4 Å². The van der Waals surface area contributed by atoms with Crippen LogP contribution in [0.25, 0.3) is 0 Å². The third-order valence-electron chi connectivity index (χ3n) is 2.37. The molecule has 2 nitrogen and oxygen atoms in total. The summed E-state index contributed by atoms with van der Waals surface area (Å²) < 4.78 is 0. The van der Waals surface area contributed by atoms with Crippen molar-refractivity contribution in [3.05, 3.63) is 34.4 Å². The lowest BCUT2D eigenvalue weighted by Gasteiger charge is -2.08. The molecule has 1 aromatic carbocycles. The number of hydrogen-bond donors (Lipinski definition) is 1. The molecule has 70 valence electrons. The van der Waals surface area contributed by atoms with Gasteiger partial charge in [0.2, 0.25) is 0 Å². The average molecular weight is 198 g/mol. The Morgan fingerprint density at radius 3 is 2.38 bits per heavy atom. The fourth-order valence-corrected chi connectivity index (χ4v) is 1.44. The number of rotatable bonds is 1. The maximum atomic E-state index is 8.53. The lowest BCUT2D eigenvalue weighted by atomic mass is 9.99. The molecule has 1 aromatic rings. The predicted octanol–water partition coefficient (Wildman–Crippen LogP) is 2.99. The van der Waals surface area contributed by atoms with Gasteiger partial charge in [-0.1, -0.05) is 28.9 Å². The molecule has 13 heavy (non-hydrogen) atoms. The number of halogens is 1. The predicted molar refractivity (Wildman–Crippen MR) is 54.8 cm³/mol. The highest BCUT2D eigenvalue weighted by Crippen LogP contribution is 2.18. The Morgan fingerprint density at radius 1 is 1.23 bits per heavy atom. The maximum Gasteiger partial charge on any atom is 0.175 e. The van der Waals surface area contributed by atoms with Gasteiger partial charge in [-0.2, -0.15) is 0 Å². The van der Waals surface area contributed by atoms with Gasteiger partial charge in [-0.15, -0.1) is 0 Å². The Hall–Kier alpha value is -1.02. The first-order chi connectivity index (χ1) is 6.07. The normalized spacial score (nSPS) is 11.8. The van der Waals surface area contributed by atoms with E-state index in [2.05, 4.69) is 5.16 Å². The van der Waals surface area contributed by atoms with Crippen molar-refractivity contribution in [1.82, 2.24) is 0 Å². The summed E-state index contributed by atoms with van der Waals surface area (Å²) in [5.41, 5.74) is 4.23. The van der Waals surface area contributed by atoms with Crippen molar-refractivity contribution in [2.45, 2.75) is 20.8 Å². The van der Waals surface area contributed by atoms with E-state index >= 15 is 0 Å². The van der Waals surface area contributed by atoms with Gasteiger partial charge in [0.15, 0.2) is 5.17 Å². The minimum Gasteiger partial charge on any atom is -0.410 e. The van der Waals surface area contributed by atoms with E-state index < -0.39 is 0 Å². The highest BCUT2D eigenvalue weighted by atomic mass is 35.5. The summed E-state index contributed by atoms with van der Waals surface area (Å²) in [7, 11) is 0. The molecule has 3 heteroatoms. The Bertz CT molecular complexity index is 358. The van der Waals surface area contributed by atoms with Gasteiger partial charge in [0.05, 0.1) is 0 Å². The van der Waals surface area contributed by atoms with Crippen molar-refractivity contribution >= 4 is 16.8 Å². The molecule has 0 spiro atoms. The van der Waals surface area contributed by atoms with Gasteiger partial charge in [-0.05, 0) is 37.5 Å². The Kier molecular flexibility index (Phi) is 2.94. The molecule has 0 heterocycles. The monoisotopic (exact) mass is 197 g/mol. The lowest BCUT2D eigenvalue weighted by molar-refractivity contribution is 0.321. The quantitative estimate of drug-likeness (QED) is 0.419. The van der Waals surface area contributed by atoms with Crippen LogP contribution in [0.4, 0.5) is 0 Å². The summed E-state index contributed by atoms with van der Waals surface area (Å²) in [4.78, 5) is 0. The number of hydrogen-bond acceptors (Lipinski definition) is 2. The third kappa shape index (κ3) is 1.83. The maximum absolute atomic E-state index is 8.53. The van der Waals surface area contributed by atoms with Crippen LogP contribution < -0.4 is 0 Å². The molecule has 0 saturated heterocycles. The van der Waals surface area contributed by atoms with Crippen molar-refractivity contribution in [3.8, 4) is 0 Å². The van der Waals surface area contributed by atoms with E-state index in [1.54, 1.807) is 0 Å². The van der Waals surface area contributed by atoms with Crippen LogP contribution in [0.1, 0.15) is 22.3 Å². The van der Waals surface area contributed by atoms with Crippen molar-refractivity contribution in [3.63, 3.8) is 0 Å². The molecule has 0 radical (unpaired) electrons. The largest absolute Gasteiger partial charge is 0.410 e. The molecular formula is C10H12ClNO. The second kappa shape index (κ2) is 3.79. The van der Waals surface area contributed by atoms with Crippen molar-refractivity contribution in [2.75, 3.05) is 0 Å². The van der Waals surface area contributed by atoms with E-state index in [-0.39, 0.29) is 5.17 Å². The van der Waals surface area contributed by atoms with Crippen LogP contribution in [0.2, 0.25) is 0 Å². The molecule has 0 atom stereocenters. The second-order valence-corrected chi connectivity index (χ2v) is 3.43. The third-order valence-corrected chi connectivity index (χ3v) is 2.65. The van der Waals surface area contributed by atoms with Gasteiger partial charge in [-0.25, -0.2) is 0 Å². The summed E-state index contributed by atoms with van der Waals surface area (Å²) in [5.74, 6) is 0. The molecule has 0 amide bonds. The van der Waals surface area contributed by atoms with E-state index in [0.717, 1.165) is 11.1 Å². The number of nitrogens with zero attached hydrogens (tertiary/aromatic N) is 1. The van der Waals surface area contributed by atoms with Gasteiger partial charge in [0.1, 0.15) is 0 Å². The molecule has 0 aliphatic heterocycles. The Labute approximate surface area is 82.8 Å². The summed E-state index contributed by atoms with van der Waals surface area (Å²) in [6.45, 7) is 6.02. The SMILES string of the molecule is Cc1ccc(C(Cl)=NO)c(C)c1C. The Balaban J connectivity index is 3.34. The molecule has 0 fully saturated rings. The fraction of sp³-hybridized carbons (Fsp3) is 0.300. The average Bonchev–Trinajstić information content (AvgIpc) is 2.13. The number of benzene rings is 1. The van der Waals surface area contributed by atoms with Gasteiger partial charge in [0, 0.05) is 5.56 Å². The summed E-state index contributed by atoms with van der Waals surface area (Å²) in [6.07, 6.45) is 0. The highest BCUT2D eigenvalue weighted by molar-refractivity contribution is 6.69. The summed E-state index contributed by atoms with van der Waals surface area (Å²) in [5, 5.41) is 11.6. The molecule has 0 saturated carbocycles. The molecule has 0 aromatic heterocycles. The zero-order valence-corrected chi connectivity index (χ0v) is 8.68. The Morgan fingerprint density at radius 2 is 1.85 bits per heavy atom. The van der Waals surface area contributed by atoms with Crippen LogP contribution in [-0.2, 0) is 0 Å². The number of aryl methyl sites for hydroxylation is 1. The molecule has 0 bridgehead atoms. The standard InChI is InChI=1S/C10H12ClNO/c1-6-4-5-9(10(11)12-13)8(3)7(6)2/h4-5,13H,1-3H3. The zero-order valence-electron chi connectivity index (χ0n) is 7.93. The molecular weight excluding hydrogens is 186 g/mol. The van der Waals surface area contributed by atoms with Gasteiger partial charge >= 0.3 is 0 Å². The highest BCUT2D eigenvalue weighted by Gasteiger charge is 2.07. The second-order valence-electron chi connectivity index (χ2n) is 3.07. The fourth-order valence-electron chi connectivity index (χ4n) is 1.23. The van der Waals surface area contributed by atoms with E-state index in [1.807, 2.05) is 32.9 Å². The van der Waals surface area contributed by atoms with Crippen molar-refractivity contribution in [1.29, 1.82) is 0 Å². The van der Waals surface area contributed by atoms with Gasteiger partial charge in [0.25, 0.3) is 0 Å². The van der Waals surface area contributed by atoms with Crippen molar-refractivity contribution < 1.29 is 5.21 Å². The van der Waals surface area contributed by atoms with Gasteiger partial charge in [-0.3, -0.25) is 0 Å². The minimum absolute atomic E-state index is 0.139. The molecule has 0 unspecified atom stereocenters. The van der Waals surface area contributed by atoms with E-state index in [0.29, 0.717) is 0 Å². The van der Waals surface area contributed by atoms with Crippen LogP contribution >= 0.6 is 11.6 Å². The molecule has 1 N–H and O–H groups in total. The van der Waals surface area contributed by atoms with E-state index in [1.165, 1.54) is 11.1 Å². The minimum atomic E-state index is 0.139. The van der Waals surface area contributed by atoms with Crippen LogP contribution in [0, 0.1) is 20.8 Å². The summed E-state index contributed by atoms with van der Waals surface area (Å²) >= 11 is 5.72. The van der Waals surface area contributed by atoms with Crippen molar-refractivity contribution in [2.24, 2.45) is 5.16 Å². The first kappa shape index (κ1) is 10.1. The number of oxime groups is 1. The van der Waals surface area contributed by atoms with Crippen LogP contribution in [0.3, 0.4) is 0 Å². The van der Waals surface area contributed by atoms with Crippen LogP contribution in [0.15, 0.2) is 17.3 Å². The molecule has 0 aliphatic rings. The summed E-state index contributed by atoms with van der Waals surface area (Å²) in [6, 6.07) is 3.82. The smallest absolute Gasteiger partial charge is 0.175 e. The molecule has 0 aliphatic carbocycles. The van der Waals surface area contributed by atoms with E-state index in [9.17, 15) is 0 Å². The van der Waals surface area contributed by atoms with E-state index in [4.69, 9.17) is 16.8 Å². The van der Waals surface area contributed by atoms with Crippen LogP contribution in [0.5, 0.6) is 0 Å². The molecule has 1 rings (SSSR count). The first-order valence-electron chi connectivity index (χ1n) is 4.02. The van der Waals surface area contributed by atoms with Gasteiger partial charge < -0.3 is 5.21 Å². The zero-order chi connectivity index (χ0) is 10.0. The lowest BCUT2D eigenvalue weighted by Crippen LogP contribution is -1.98. The topological polar surface area (TPSA) is 32.6 Å².